The smallest absolute Gasteiger partial charge is 0.331 e. The minimum atomic E-state index is -0.674. The van der Waals surface area contributed by atoms with Crippen molar-refractivity contribution in [1.82, 2.24) is 5.32 Å². The largest absolute Gasteiger partial charge is 0.466 e. The van der Waals surface area contributed by atoms with Crippen LogP contribution < -0.4 is 5.32 Å². The Kier molecular flexibility index (Phi) is 5.66. The van der Waals surface area contributed by atoms with Crippen LogP contribution in [0.3, 0.4) is 0 Å². The van der Waals surface area contributed by atoms with Crippen molar-refractivity contribution in [3.05, 3.63) is 49.9 Å². The lowest BCUT2D eigenvalue weighted by Crippen LogP contribution is -2.19. The number of amides is 1. The second-order valence-corrected chi connectivity index (χ2v) is 5.66. The molecule has 0 aromatic heterocycles. The van der Waals surface area contributed by atoms with E-state index >= 15 is 0 Å². The van der Waals surface area contributed by atoms with Gasteiger partial charge in [0.2, 0.25) is 0 Å². The van der Waals surface area contributed by atoms with Gasteiger partial charge in [0.05, 0.1) is 28.7 Å². The Hall–Kier alpha value is -2.72. The van der Waals surface area contributed by atoms with Crippen LogP contribution in [0, 0.1) is 10.1 Å². The Morgan fingerprint density at radius 1 is 1.50 bits per heavy atom. The molecule has 0 aliphatic carbocycles. The maximum Gasteiger partial charge on any atom is 0.331 e. The maximum absolute atomic E-state index is 11.6. The normalized spacial score (nSPS) is 17.5. The number of nitro groups is 1. The molecule has 1 fully saturated rings. The summed E-state index contributed by atoms with van der Waals surface area (Å²) in [5, 5.41) is 21.2. The van der Waals surface area contributed by atoms with Gasteiger partial charge in [-0.25, -0.2) is 4.79 Å². The number of esters is 1. The summed E-state index contributed by atoms with van der Waals surface area (Å²) in [5.41, 5.74) is -0.0192. The van der Waals surface area contributed by atoms with E-state index in [0.29, 0.717) is 5.02 Å². The number of amidine groups is 1. The lowest BCUT2D eigenvalue weighted by molar-refractivity contribution is -0.385. The van der Waals surface area contributed by atoms with Gasteiger partial charge in [-0.2, -0.15) is 5.10 Å². The summed E-state index contributed by atoms with van der Waals surface area (Å²) in [7, 11) is 1.19. The van der Waals surface area contributed by atoms with Crippen molar-refractivity contribution in [1.29, 1.82) is 0 Å². The summed E-state index contributed by atoms with van der Waals surface area (Å²) in [5.74, 6) is -1.19. The third-order valence-electron chi connectivity index (χ3n) is 2.63. The van der Waals surface area contributed by atoms with Crippen molar-refractivity contribution in [2.75, 3.05) is 7.11 Å². The zero-order valence-corrected chi connectivity index (χ0v) is 13.6. The van der Waals surface area contributed by atoms with E-state index in [1.165, 1.54) is 25.3 Å². The summed E-state index contributed by atoms with van der Waals surface area (Å²) in [6, 6.07) is 4.01. The van der Waals surface area contributed by atoms with Gasteiger partial charge < -0.3 is 4.74 Å². The Morgan fingerprint density at radius 2 is 2.25 bits per heavy atom. The number of nitrogens with zero attached hydrogens (tertiary/aromatic N) is 3. The lowest BCUT2D eigenvalue weighted by Gasteiger charge is -1.97. The molecule has 1 saturated heterocycles. The van der Waals surface area contributed by atoms with Gasteiger partial charge >= 0.3 is 5.97 Å². The van der Waals surface area contributed by atoms with Crippen LogP contribution in [-0.2, 0) is 14.3 Å². The number of hydrogen-bond acceptors (Lipinski definition) is 8. The molecule has 124 valence electrons. The Balaban J connectivity index is 2.17. The Morgan fingerprint density at radius 3 is 2.92 bits per heavy atom. The average molecular weight is 369 g/mol. The van der Waals surface area contributed by atoms with Crippen molar-refractivity contribution in [3.63, 3.8) is 0 Å². The third kappa shape index (κ3) is 4.40. The summed E-state index contributed by atoms with van der Waals surface area (Å²) in [6.07, 6.45) is 2.17. The molecule has 9 nitrogen and oxygen atoms in total. The van der Waals surface area contributed by atoms with E-state index in [-0.39, 0.29) is 21.3 Å². The highest BCUT2D eigenvalue weighted by atomic mass is 35.5. The Labute approximate surface area is 144 Å². The third-order valence-corrected chi connectivity index (χ3v) is 3.77. The molecule has 1 aliphatic heterocycles. The number of carbonyl (C=O) groups excluding carboxylic acids is 2. The molecule has 1 amide bonds. The van der Waals surface area contributed by atoms with E-state index < -0.39 is 16.8 Å². The zero-order chi connectivity index (χ0) is 17.7. The second-order valence-electron chi connectivity index (χ2n) is 4.20. The summed E-state index contributed by atoms with van der Waals surface area (Å²) < 4.78 is 4.43. The fourth-order valence-corrected chi connectivity index (χ4v) is 2.50. The van der Waals surface area contributed by atoms with Gasteiger partial charge in [0.15, 0.2) is 5.17 Å². The molecule has 0 radical (unpaired) electrons. The molecule has 1 N–H and O–H groups in total. The van der Waals surface area contributed by atoms with Crippen LogP contribution in [0.4, 0.5) is 5.69 Å². The van der Waals surface area contributed by atoms with Crippen molar-refractivity contribution in [2.45, 2.75) is 0 Å². The minimum absolute atomic E-state index is 0.101. The fraction of sp³-hybridized carbons (Fsp3) is 0.0769. The van der Waals surface area contributed by atoms with Crippen molar-refractivity contribution < 1.29 is 19.2 Å². The van der Waals surface area contributed by atoms with Crippen molar-refractivity contribution in [3.8, 4) is 0 Å². The zero-order valence-electron chi connectivity index (χ0n) is 12.1. The standard InChI is InChI=1S/C13H9ClN4O5S/c1-23-11(19)5-10-12(20)16-13(24-10)17-15-6-7-4-8(14)2-3-9(7)18(21)22/h2-6H,1H3,(H,16,17,20)/b10-5+,15-6?. The summed E-state index contributed by atoms with van der Waals surface area (Å²) in [4.78, 5) is 33.2. The van der Waals surface area contributed by atoms with Gasteiger partial charge in [0, 0.05) is 17.2 Å². The van der Waals surface area contributed by atoms with E-state index in [0.717, 1.165) is 24.1 Å². The van der Waals surface area contributed by atoms with Gasteiger partial charge in [-0.15, -0.1) is 5.10 Å². The monoisotopic (exact) mass is 368 g/mol. The topological polar surface area (TPSA) is 123 Å². The van der Waals surface area contributed by atoms with E-state index in [2.05, 4.69) is 20.3 Å². The first kappa shape index (κ1) is 17.6. The molecule has 0 bridgehead atoms. The molecule has 0 saturated carbocycles. The fourth-order valence-electron chi connectivity index (χ4n) is 1.58. The van der Waals surface area contributed by atoms with Gasteiger partial charge in [0.1, 0.15) is 0 Å². The van der Waals surface area contributed by atoms with E-state index in [4.69, 9.17) is 11.6 Å². The second kappa shape index (κ2) is 7.70. The molecule has 1 aliphatic rings. The molecule has 1 heterocycles. The highest BCUT2D eigenvalue weighted by molar-refractivity contribution is 8.18. The molecule has 0 unspecified atom stereocenters. The first-order valence-electron chi connectivity index (χ1n) is 6.24. The van der Waals surface area contributed by atoms with Crippen LogP contribution in [-0.4, -0.2) is 35.3 Å². The first-order valence-corrected chi connectivity index (χ1v) is 7.44. The van der Waals surface area contributed by atoms with Crippen molar-refractivity contribution in [2.24, 2.45) is 10.2 Å². The van der Waals surface area contributed by atoms with E-state index in [1.807, 2.05) is 0 Å². The minimum Gasteiger partial charge on any atom is -0.466 e. The SMILES string of the molecule is COC(=O)/C=C1/S/C(=N\N=Cc2cc(Cl)ccc2[N+](=O)[O-])NC1=O. The Bertz CT molecular complexity index is 806. The van der Waals surface area contributed by atoms with Gasteiger partial charge in [-0.1, -0.05) is 11.6 Å². The average Bonchev–Trinajstić information content (AvgIpc) is 2.86. The maximum atomic E-state index is 11.6. The van der Waals surface area contributed by atoms with E-state index in [1.54, 1.807) is 0 Å². The number of methoxy groups -OCH3 is 1. The molecule has 2 rings (SSSR count). The van der Waals surface area contributed by atoms with Gasteiger partial charge in [0.25, 0.3) is 11.6 Å². The number of benzene rings is 1. The number of rotatable bonds is 4. The molecule has 1 aromatic rings. The predicted molar refractivity (Wildman–Crippen MR) is 89.0 cm³/mol. The number of nitrogens with one attached hydrogen (secondary N) is 1. The lowest BCUT2D eigenvalue weighted by atomic mass is 10.2. The number of halogens is 1. The van der Waals surface area contributed by atoms with Crippen LogP contribution in [0.5, 0.6) is 0 Å². The summed E-state index contributed by atoms with van der Waals surface area (Å²) >= 11 is 6.68. The molecule has 0 atom stereocenters. The van der Waals surface area contributed by atoms with Crippen LogP contribution in [0.15, 0.2) is 39.4 Å². The highest BCUT2D eigenvalue weighted by Crippen LogP contribution is 2.24. The predicted octanol–water partition coefficient (Wildman–Crippen LogP) is 1.86. The first-order chi connectivity index (χ1) is 11.4. The number of thioether (sulfide) groups is 1. The number of hydrogen-bond donors (Lipinski definition) is 1. The summed E-state index contributed by atoms with van der Waals surface area (Å²) in [6.45, 7) is 0. The number of ether oxygens (including phenoxy) is 1. The van der Waals surface area contributed by atoms with Crippen molar-refractivity contribution >= 4 is 52.3 Å². The number of carbonyl (C=O) groups is 2. The molecule has 11 heteroatoms. The van der Waals surface area contributed by atoms with Crippen LogP contribution in [0.25, 0.3) is 0 Å². The molecular formula is C13H9ClN4O5S. The molecule has 0 spiro atoms. The number of nitro benzene ring substituents is 1. The molecular weight excluding hydrogens is 360 g/mol. The van der Waals surface area contributed by atoms with Crippen LogP contribution in [0.2, 0.25) is 5.02 Å². The van der Waals surface area contributed by atoms with Gasteiger partial charge in [-0.05, 0) is 23.9 Å². The quantitative estimate of drug-likeness (QED) is 0.284. The van der Waals surface area contributed by atoms with E-state index in [9.17, 15) is 19.7 Å². The molecule has 24 heavy (non-hydrogen) atoms. The van der Waals surface area contributed by atoms with Gasteiger partial charge in [-0.3, -0.25) is 20.2 Å². The van der Waals surface area contributed by atoms with Crippen LogP contribution >= 0.6 is 23.4 Å². The van der Waals surface area contributed by atoms with Crippen LogP contribution in [0.1, 0.15) is 5.56 Å². The molecule has 1 aromatic carbocycles. The highest BCUT2D eigenvalue weighted by Gasteiger charge is 2.25.